The third-order valence-electron chi connectivity index (χ3n) is 4.71. The van der Waals surface area contributed by atoms with Crippen molar-refractivity contribution in [3.05, 3.63) is 0 Å². The molecule has 0 aliphatic heterocycles. The average molecular weight is 236 g/mol. The summed E-state index contributed by atoms with van der Waals surface area (Å²) in [6.07, 6.45) is 9.81. The third-order valence-corrected chi connectivity index (χ3v) is 4.71. The molecule has 0 amide bonds. The molecule has 0 spiro atoms. The van der Waals surface area contributed by atoms with Gasteiger partial charge in [0.2, 0.25) is 0 Å². The van der Waals surface area contributed by atoms with Crippen LogP contribution in [0.2, 0.25) is 0 Å². The second kappa shape index (κ2) is 5.79. The fourth-order valence-electron chi connectivity index (χ4n) is 3.50. The van der Waals surface area contributed by atoms with Crippen LogP contribution in [0, 0.1) is 17.8 Å². The Morgan fingerprint density at radius 1 is 0.706 bits per heavy atom. The molecule has 0 atom stereocenters. The van der Waals surface area contributed by atoms with Crippen LogP contribution in [0.4, 0.5) is 0 Å². The standard InChI is InChI=1S/C15H24O2/c1-11(16)12-7-9-14(10-8-12)15(17)13-5-3-2-4-6-13/h12-14H,2-10H2,1H3. The highest BCUT2D eigenvalue weighted by atomic mass is 16.1. The molecule has 96 valence electrons. The van der Waals surface area contributed by atoms with E-state index in [9.17, 15) is 9.59 Å². The molecule has 2 fully saturated rings. The normalized spacial score (nSPS) is 31.1. The van der Waals surface area contributed by atoms with Gasteiger partial charge in [-0.2, -0.15) is 0 Å². The molecule has 0 heterocycles. The second-order valence-electron chi connectivity index (χ2n) is 5.90. The topological polar surface area (TPSA) is 34.1 Å². The number of Topliss-reactive ketones (excluding diaryl/α,β-unsaturated/α-hetero) is 2. The van der Waals surface area contributed by atoms with E-state index in [4.69, 9.17) is 0 Å². The van der Waals surface area contributed by atoms with E-state index in [1.54, 1.807) is 6.92 Å². The summed E-state index contributed by atoms with van der Waals surface area (Å²) in [5.41, 5.74) is 0. The minimum absolute atomic E-state index is 0.241. The van der Waals surface area contributed by atoms with E-state index >= 15 is 0 Å². The predicted octanol–water partition coefficient (Wildman–Crippen LogP) is 3.53. The first kappa shape index (κ1) is 12.8. The molecule has 2 aliphatic rings. The first-order valence-corrected chi connectivity index (χ1v) is 7.22. The Labute approximate surface area is 104 Å². The lowest BCUT2D eigenvalue weighted by Crippen LogP contribution is -2.30. The first-order chi connectivity index (χ1) is 8.18. The Kier molecular flexibility index (Phi) is 4.36. The van der Waals surface area contributed by atoms with Gasteiger partial charge in [0.1, 0.15) is 11.6 Å². The van der Waals surface area contributed by atoms with Crippen LogP contribution < -0.4 is 0 Å². The number of ketones is 2. The highest BCUT2D eigenvalue weighted by molar-refractivity contribution is 5.84. The third kappa shape index (κ3) is 3.17. The van der Waals surface area contributed by atoms with E-state index in [2.05, 4.69) is 0 Å². The lowest BCUT2D eigenvalue weighted by atomic mass is 9.73. The second-order valence-corrected chi connectivity index (χ2v) is 5.90. The summed E-state index contributed by atoms with van der Waals surface area (Å²) < 4.78 is 0. The van der Waals surface area contributed by atoms with Crippen molar-refractivity contribution in [2.24, 2.45) is 17.8 Å². The maximum Gasteiger partial charge on any atom is 0.139 e. The van der Waals surface area contributed by atoms with E-state index in [1.807, 2.05) is 0 Å². The van der Waals surface area contributed by atoms with Crippen LogP contribution in [0.5, 0.6) is 0 Å². The number of carbonyl (C=O) groups is 2. The van der Waals surface area contributed by atoms with Gasteiger partial charge in [-0.3, -0.25) is 9.59 Å². The Bertz CT molecular complexity index is 281. The predicted molar refractivity (Wildman–Crippen MR) is 67.7 cm³/mol. The Morgan fingerprint density at radius 2 is 1.18 bits per heavy atom. The van der Waals surface area contributed by atoms with E-state index in [1.165, 1.54) is 19.3 Å². The van der Waals surface area contributed by atoms with Crippen molar-refractivity contribution in [2.45, 2.75) is 64.7 Å². The van der Waals surface area contributed by atoms with Crippen LogP contribution in [0.15, 0.2) is 0 Å². The molecular formula is C15H24O2. The molecule has 2 heteroatoms. The summed E-state index contributed by atoms with van der Waals surface area (Å²) in [5.74, 6) is 1.70. The van der Waals surface area contributed by atoms with Crippen molar-refractivity contribution >= 4 is 11.6 Å². The van der Waals surface area contributed by atoms with Crippen molar-refractivity contribution in [2.75, 3.05) is 0 Å². The van der Waals surface area contributed by atoms with Gasteiger partial charge in [0.25, 0.3) is 0 Å². The number of rotatable bonds is 3. The Balaban J connectivity index is 1.83. The van der Waals surface area contributed by atoms with E-state index in [0.717, 1.165) is 38.5 Å². The van der Waals surface area contributed by atoms with Gasteiger partial charge in [0.05, 0.1) is 0 Å². The molecule has 2 nitrogen and oxygen atoms in total. The minimum atomic E-state index is 0.241. The lowest BCUT2D eigenvalue weighted by Gasteiger charge is -2.30. The van der Waals surface area contributed by atoms with Crippen LogP contribution >= 0.6 is 0 Å². The highest BCUT2D eigenvalue weighted by Gasteiger charge is 2.32. The van der Waals surface area contributed by atoms with Crippen molar-refractivity contribution in [3.63, 3.8) is 0 Å². The maximum atomic E-state index is 12.3. The zero-order chi connectivity index (χ0) is 12.3. The molecule has 0 N–H and O–H groups in total. The first-order valence-electron chi connectivity index (χ1n) is 7.22. The fourth-order valence-corrected chi connectivity index (χ4v) is 3.50. The summed E-state index contributed by atoms with van der Waals surface area (Å²) in [6, 6.07) is 0. The zero-order valence-corrected chi connectivity index (χ0v) is 10.9. The fraction of sp³-hybridized carbons (Fsp3) is 0.867. The van der Waals surface area contributed by atoms with Gasteiger partial charge < -0.3 is 0 Å². The van der Waals surface area contributed by atoms with E-state index in [0.29, 0.717) is 17.5 Å². The van der Waals surface area contributed by atoms with E-state index < -0.39 is 0 Å². The molecule has 0 aromatic rings. The summed E-state index contributed by atoms with van der Waals surface area (Å²) in [6.45, 7) is 1.69. The molecule has 17 heavy (non-hydrogen) atoms. The molecule has 2 aliphatic carbocycles. The van der Waals surface area contributed by atoms with Gasteiger partial charge in [0.15, 0.2) is 0 Å². The Morgan fingerprint density at radius 3 is 1.71 bits per heavy atom. The van der Waals surface area contributed by atoms with Crippen molar-refractivity contribution in [1.29, 1.82) is 0 Å². The number of hydrogen-bond acceptors (Lipinski definition) is 2. The minimum Gasteiger partial charge on any atom is -0.300 e. The van der Waals surface area contributed by atoms with Gasteiger partial charge in [0, 0.05) is 17.8 Å². The molecule has 0 radical (unpaired) electrons. The highest BCUT2D eigenvalue weighted by Crippen LogP contribution is 2.34. The summed E-state index contributed by atoms with van der Waals surface area (Å²) in [5, 5.41) is 0. The van der Waals surface area contributed by atoms with Crippen LogP contribution in [0.1, 0.15) is 64.7 Å². The van der Waals surface area contributed by atoms with Crippen molar-refractivity contribution in [3.8, 4) is 0 Å². The molecule has 0 unspecified atom stereocenters. The van der Waals surface area contributed by atoms with Gasteiger partial charge in [-0.25, -0.2) is 0 Å². The van der Waals surface area contributed by atoms with Gasteiger partial charge in [-0.05, 0) is 45.4 Å². The van der Waals surface area contributed by atoms with Crippen LogP contribution in [-0.2, 0) is 9.59 Å². The lowest BCUT2D eigenvalue weighted by molar-refractivity contribution is -0.130. The summed E-state index contributed by atoms with van der Waals surface area (Å²) >= 11 is 0. The molecule has 0 aromatic carbocycles. The van der Waals surface area contributed by atoms with Crippen LogP contribution in [0.25, 0.3) is 0 Å². The molecule has 0 saturated heterocycles. The average Bonchev–Trinajstić information content (AvgIpc) is 2.39. The molecule has 2 rings (SSSR count). The number of carbonyl (C=O) groups excluding carboxylic acids is 2. The summed E-state index contributed by atoms with van der Waals surface area (Å²) in [7, 11) is 0. The van der Waals surface area contributed by atoms with Crippen LogP contribution in [0.3, 0.4) is 0 Å². The molecular weight excluding hydrogens is 212 g/mol. The number of hydrogen-bond donors (Lipinski definition) is 0. The van der Waals surface area contributed by atoms with Gasteiger partial charge >= 0.3 is 0 Å². The van der Waals surface area contributed by atoms with Crippen LogP contribution in [-0.4, -0.2) is 11.6 Å². The SMILES string of the molecule is CC(=O)C1CCC(C(=O)C2CCCCC2)CC1. The smallest absolute Gasteiger partial charge is 0.139 e. The van der Waals surface area contributed by atoms with Gasteiger partial charge in [-0.15, -0.1) is 0 Å². The molecule has 2 saturated carbocycles. The van der Waals surface area contributed by atoms with Crippen molar-refractivity contribution in [1.82, 2.24) is 0 Å². The van der Waals surface area contributed by atoms with Crippen molar-refractivity contribution < 1.29 is 9.59 Å². The quantitative estimate of drug-likeness (QED) is 0.751. The van der Waals surface area contributed by atoms with Gasteiger partial charge in [-0.1, -0.05) is 19.3 Å². The molecule has 0 aromatic heterocycles. The zero-order valence-electron chi connectivity index (χ0n) is 10.9. The van der Waals surface area contributed by atoms with E-state index in [-0.39, 0.29) is 11.8 Å². The maximum absolute atomic E-state index is 12.3. The monoisotopic (exact) mass is 236 g/mol. The summed E-state index contributed by atoms with van der Waals surface area (Å²) in [4.78, 5) is 23.6. The Hall–Kier alpha value is -0.660. The molecule has 0 bridgehead atoms. The largest absolute Gasteiger partial charge is 0.300 e.